The lowest BCUT2D eigenvalue weighted by atomic mass is 9.93. The molecule has 0 radical (unpaired) electrons. The van der Waals surface area contributed by atoms with Gasteiger partial charge < -0.3 is 4.74 Å². The predicted molar refractivity (Wildman–Crippen MR) is 95.1 cm³/mol. The fourth-order valence-electron chi connectivity index (χ4n) is 1.62. The molecule has 116 valence electrons. The van der Waals surface area contributed by atoms with Gasteiger partial charge in [0.05, 0.1) is 7.11 Å². The van der Waals surface area contributed by atoms with Crippen LogP contribution in [0.1, 0.15) is 33.6 Å². The first-order valence-corrected chi connectivity index (χ1v) is 7.44. The molecular formula is C20H30O. The lowest BCUT2D eigenvalue weighted by Crippen LogP contribution is -1.99. The van der Waals surface area contributed by atoms with Gasteiger partial charge in [0.15, 0.2) is 0 Å². The minimum absolute atomic E-state index is 0.494. The molecule has 1 heteroatoms. The minimum atomic E-state index is 0.494. The van der Waals surface area contributed by atoms with Crippen LogP contribution in [-0.4, -0.2) is 7.11 Å². The molecule has 0 aliphatic rings. The van der Waals surface area contributed by atoms with Crippen LogP contribution < -0.4 is 0 Å². The molecule has 0 amide bonds. The van der Waals surface area contributed by atoms with Gasteiger partial charge in [-0.3, -0.25) is 0 Å². The number of hydrogen-bond acceptors (Lipinski definition) is 1. The number of methoxy groups -OCH3 is 1. The predicted octanol–water partition coefficient (Wildman–Crippen LogP) is 6.00. The van der Waals surface area contributed by atoms with Crippen LogP contribution in [0.3, 0.4) is 0 Å². The summed E-state index contributed by atoms with van der Waals surface area (Å²) in [5.41, 5.74) is 2.84. The van der Waals surface area contributed by atoms with E-state index in [-0.39, 0.29) is 0 Å². The SMILES string of the molecule is C=C(/C=C\C(=C)C(=C)/C=C\C(=C)C(C)CCC(C)C)OC. The maximum atomic E-state index is 4.97. The Morgan fingerprint density at radius 3 is 1.86 bits per heavy atom. The summed E-state index contributed by atoms with van der Waals surface area (Å²) in [5, 5.41) is 0. The second kappa shape index (κ2) is 10.0. The van der Waals surface area contributed by atoms with E-state index in [1.807, 2.05) is 18.2 Å². The maximum absolute atomic E-state index is 4.97. The van der Waals surface area contributed by atoms with Crippen LogP contribution >= 0.6 is 0 Å². The third kappa shape index (κ3) is 8.91. The van der Waals surface area contributed by atoms with Crippen molar-refractivity contribution in [2.24, 2.45) is 11.8 Å². The van der Waals surface area contributed by atoms with Gasteiger partial charge in [0.2, 0.25) is 0 Å². The van der Waals surface area contributed by atoms with Crippen LogP contribution in [0, 0.1) is 11.8 Å². The molecule has 0 heterocycles. The highest BCUT2D eigenvalue weighted by Gasteiger charge is 2.05. The molecule has 0 N–H and O–H groups in total. The molecule has 1 nitrogen and oxygen atoms in total. The molecule has 0 aliphatic carbocycles. The van der Waals surface area contributed by atoms with Crippen LogP contribution in [0.2, 0.25) is 0 Å². The Bertz CT molecular complexity index is 446. The molecular weight excluding hydrogens is 256 g/mol. The Labute approximate surface area is 131 Å². The van der Waals surface area contributed by atoms with Crippen LogP contribution in [-0.2, 0) is 4.74 Å². The van der Waals surface area contributed by atoms with Gasteiger partial charge in [0, 0.05) is 0 Å². The fraction of sp³-hybridized carbons (Fsp3) is 0.400. The first-order chi connectivity index (χ1) is 9.77. The molecule has 1 atom stereocenters. The van der Waals surface area contributed by atoms with Crippen molar-refractivity contribution in [3.63, 3.8) is 0 Å². The zero-order chi connectivity index (χ0) is 16.4. The topological polar surface area (TPSA) is 9.23 Å². The largest absolute Gasteiger partial charge is 0.497 e. The van der Waals surface area contributed by atoms with Crippen LogP contribution in [0.15, 0.2) is 73.1 Å². The first-order valence-electron chi connectivity index (χ1n) is 7.44. The molecule has 0 saturated heterocycles. The summed E-state index contributed by atoms with van der Waals surface area (Å²) in [6.45, 7) is 22.6. The van der Waals surface area contributed by atoms with Crippen LogP contribution in [0.4, 0.5) is 0 Å². The summed E-state index contributed by atoms with van der Waals surface area (Å²) in [4.78, 5) is 0. The van der Waals surface area contributed by atoms with Gasteiger partial charge >= 0.3 is 0 Å². The van der Waals surface area contributed by atoms with E-state index in [1.54, 1.807) is 13.2 Å². The molecule has 0 spiro atoms. The highest BCUT2D eigenvalue weighted by molar-refractivity contribution is 5.45. The van der Waals surface area contributed by atoms with E-state index in [0.29, 0.717) is 11.7 Å². The van der Waals surface area contributed by atoms with Crippen molar-refractivity contribution in [1.29, 1.82) is 0 Å². The number of allylic oxidation sites excluding steroid dienone is 7. The van der Waals surface area contributed by atoms with E-state index in [2.05, 4.69) is 47.1 Å². The highest BCUT2D eigenvalue weighted by atomic mass is 16.5. The average molecular weight is 286 g/mol. The standard InChI is InChI=1S/C20H30O/c1-15(2)9-10-16(3)17(4)11-12-18(5)19(6)13-14-20(7)21-8/h11-16H,4-7,9-10H2,1-3,8H3/b12-11-,14-13-. The van der Waals surface area contributed by atoms with Crippen LogP contribution in [0.5, 0.6) is 0 Å². The zero-order valence-corrected chi connectivity index (χ0v) is 14.1. The van der Waals surface area contributed by atoms with Gasteiger partial charge in [0.1, 0.15) is 5.76 Å². The van der Waals surface area contributed by atoms with E-state index < -0.39 is 0 Å². The van der Waals surface area contributed by atoms with E-state index in [1.165, 1.54) is 12.8 Å². The van der Waals surface area contributed by atoms with Crippen molar-refractivity contribution in [1.82, 2.24) is 0 Å². The van der Waals surface area contributed by atoms with E-state index >= 15 is 0 Å². The van der Waals surface area contributed by atoms with Gasteiger partial charge in [-0.1, -0.05) is 77.3 Å². The molecule has 0 aromatic heterocycles. The molecule has 0 saturated carbocycles. The minimum Gasteiger partial charge on any atom is -0.497 e. The molecule has 0 aromatic rings. The van der Waals surface area contributed by atoms with Gasteiger partial charge in [-0.15, -0.1) is 0 Å². The zero-order valence-electron chi connectivity index (χ0n) is 14.1. The molecule has 0 fully saturated rings. The fourth-order valence-corrected chi connectivity index (χ4v) is 1.62. The van der Waals surface area contributed by atoms with E-state index in [4.69, 9.17) is 4.74 Å². The maximum Gasteiger partial charge on any atom is 0.111 e. The Kier molecular flexibility index (Phi) is 9.20. The summed E-state index contributed by atoms with van der Waals surface area (Å²) >= 11 is 0. The van der Waals surface area contributed by atoms with E-state index in [9.17, 15) is 0 Å². The van der Waals surface area contributed by atoms with E-state index in [0.717, 1.165) is 22.6 Å². The van der Waals surface area contributed by atoms with Crippen molar-refractivity contribution in [2.45, 2.75) is 33.6 Å². The molecule has 21 heavy (non-hydrogen) atoms. The summed E-state index contributed by atoms with van der Waals surface area (Å²) in [7, 11) is 1.59. The van der Waals surface area contributed by atoms with Crippen molar-refractivity contribution < 1.29 is 4.74 Å². The third-order valence-corrected chi connectivity index (χ3v) is 3.45. The summed E-state index contributed by atoms with van der Waals surface area (Å²) < 4.78 is 4.97. The molecule has 1 unspecified atom stereocenters. The van der Waals surface area contributed by atoms with Gasteiger partial charge in [-0.25, -0.2) is 0 Å². The monoisotopic (exact) mass is 286 g/mol. The summed E-state index contributed by atoms with van der Waals surface area (Å²) in [6.07, 6.45) is 10.0. The second-order valence-corrected chi connectivity index (χ2v) is 5.83. The third-order valence-electron chi connectivity index (χ3n) is 3.45. The van der Waals surface area contributed by atoms with Crippen molar-refractivity contribution in [3.8, 4) is 0 Å². The summed E-state index contributed by atoms with van der Waals surface area (Å²) in [5.74, 6) is 1.83. The van der Waals surface area contributed by atoms with Gasteiger partial charge in [-0.05, 0) is 35.5 Å². The van der Waals surface area contributed by atoms with Crippen molar-refractivity contribution >= 4 is 0 Å². The smallest absolute Gasteiger partial charge is 0.111 e. The molecule has 0 bridgehead atoms. The normalized spacial score (nSPS) is 12.8. The Morgan fingerprint density at radius 2 is 1.38 bits per heavy atom. The molecule has 0 aromatic carbocycles. The van der Waals surface area contributed by atoms with Crippen molar-refractivity contribution in [2.75, 3.05) is 7.11 Å². The molecule has 0 aliphatic heterocycles. The Hall–Kier alpha value is -1.76. The lowest BCUT2D eigenvalue weighted by Gasteiger charge is -2.13. The van der Waals surface area contributed by atoms with Gasteiger partial charge in [-0.2, -0.15) is 0 Å². The average Bonchev–Trinajstić information content (AvgIpc) is 2.46. The number of ether oxygens (including phenoxy) is 1. The van der Waals surface area contributed by atoms with Crippen molar-refractivity contribution in [3.05, 3.63) is 73.1 Å². The second-order valence-electron chi connectivity index (χ2n) is 5.83. The molecule has 0 rings (SSSR count). The first kappa shape index (κ1) is 19.2. The van der Waals surface area contributed by atoms with Gasteiger partial charge in [0.25, 0.3) is 0 Å². The summed E-state index contributed by atoms with van der Waals surface area (Å²) in [6, 6.07) is 0. The van der Waals surface area contributed by atoms with Crippen LogP contribution in [0.25, 0.3) is 0 Å². The lowest BCUT2D eigenvalue weighted by molar-refractivity contribution is 0.309. The Morgan fingerprint density at radius 1 is 0.857 bits per heavy atom. The highest BCUT2D eigenvalue weighted by Crippen LogP contribution is 2.20. The Balaban J connectivity index is 4.42. The number of hydrogen-bond donors (Lipinski definition) is 0. The quantitative estimate of drug-likeness (QED) is 0.353. The number of rotatable bonds is 10.